The minimum Gasteiger partial charge on any atom is -0.497 e. The fraction of sp³-hybridized carbons (Fsp3) is 0.600. The first-order chi connectivity index (χ1) is 18.9. The molecule has 1 aliphatic carbocycles. The summed E-state index contributed by atoms with van der Waals surface area (Å²) in [5, 5.41) is 9.09. The van der Waals surface area contributed by atoms with Gasteiger partial charge in [0.15, 0.2) is 0 Å². The Hall–Kier alpha value is -2.80. The van der Waals surface area contributed by atoms with Crippen LogP contribution in [0.1, 0.15) is 96.1 Å². The van der Waals surface area contributed by atoms with E-state index < -0.39 is 0 Å². The standard InChI is InChI=1S/C35H48N2O2/c1-5-12-27(2)35(30-13-8-6-9-14-30)22-20-34(21-23-35)26-37(25-29-16-18-31(39-4)19-17-29)33(38)28(3)32(34)15-10-7-11-24-36/h6,8-9,13-14,16-19,27-28,32H,5,7,10-12,15,20-23,25-26H2,1-4H3/t27?,28?,32?,34-,35-. The van der Waals surface area contributed by atoms with Gasteiger partial charge in [-0.3, -0.25) is 4.79 Å². The van der Waals surface area contributed by atoms with Crippen LogP contribution in [0.15, 0.2) is 54.6 Å². The van der Waals surface area contributed by atoms with Crippen molar-refractivity contribution in [3.63, 3.8) is 0 Å². The van der Waals surface area contributed by atoms with Crippen LogP contribution < -0.4 is 4.74 Å². The molecule has 0 aromatic heterocycles. The SMILES string of the molecule is CCCC(C)[C@]1(c2ccccc2)CC[C@]2(CC1)CN(Cc1ccc(OC)cc1)C(=O)C(C)C2CCCCC#N. The number of piperidine rings is 1. The number of unbranched alkanes of at least 4 members (excludes halogenated alkanes) is 2. The van der Waals surface area contributed by atoms with E-state index in [1.165, 1.54) is 31.2 Å². The van der Waals surface area contributed by atoms with Gasteiger partial charge in [-0.25, -0.2) is 0 Å². The highest BCUT2D eigenvalue weighted by Crippen LogP contribution is 2.58. The van der Waals surface area contributed by atoms with Gasteiger partial charge in [0.1, 0.15) is 5.75 Å². The van der Waals surface area contributed by atoms with Gasteiger partial charge in [-0.15, -0.1) is 0 Å². The Morgan fingerprint density at radius 3 is 2.36 bits per heavy atom. The number of likely N-dealkylation sites (tertiary alicyclic amines) is 1. The Morgan fingerprint density at radius 2 is 1.74 bits per heavy atom. The molecule has 39 heavy (non-hydrogen) atoms. The summed E-state index contributed by atoms with van der Waals surface area (Å²) >= 11 is 0. The predicted octanol–water partition coefficient (Wildman–Crippen LogP) is 8.31. The second-order valence-corrected chi connectivity index (χ2v) is 12.4. The molecular weight excluding hydrogens is 480 g/mol. The predicted molar refractivity (Wildman–Crippen MR) is 158 cm³/mol. The van der Waals surface area contributed by atoms with Gasteiger partial charge in [-0.1, -0.05) is 82.5 Å². The quantitative estimate of drug-likeness (QED) is 0.276. The molecule has 0 radical (unpaired) electrons. The molecule has 4 rings (SSSR count). The van der Waals surface area contributed by atoms with Gasteiger partial charge in [0, 0.05) is 25.4 Å². The molecule has 2 aromatic rings. The molecule has 210 valence electrons. The molecule has 1 saturated carbocycles. The lowest BCUT2D eigenvalue weighted by Crippen LogP contribution is -2.58. The van der Waals surface area contributed by atoms with Crippen molar-refractivity contribution in [2.24, 2.45) is 23.2 Å². The number of rotatable bonds is 11. The van der Waals surface area contributed by atoms with Crippen molar-refractivity contribution in [2.45, 2.75) is 96.9 Å². The van der Waals surface area contributed by atoms with Crippen LogP contribution in [0, 0.1) is 34.5 Å². The monoisotopic (exact) mass is 528 g/mol. The van der Waals surface area contributed by atoms with Crippen LogP contribution in [0.2, 0.25) is 0 Å². The molecule has 1 heterocycles. The molecule has 0 bridgehead atoms. The van der Waals surface area contributed by atoms with Crippen LogP contribution in [0.5, 0.6) is 5.75 Å². The number of carbonyl (C=O) groups is 1. The van der Waals surface area contributed by atoms with Gasteiger partial charge in [-0.2, -0.15) is 5.26 Å². The molecule has 3 unspecified atom stereocenters. The summed E-state index contributed by atoms with van der Waals surface area (Å²) in [6.07, 6.45) is 10.8. The van der Waals surface area contributed by atoms with E-state index >= 15 is 0 Å². The zero-order valence-electron chi connectivity index (χ0n) is 24.6. The third kappa shape index (κ3) is 6.19. The van der Waals surface area contributed by atoms with Crippen molar-refractivity contribution < 1.29 is 9.53 Å². The van der Waals surface area contributed by atoms with Gasteiger partial charge < -0.3 is 9.64 Å². The number of hydrogen-bond donors (Lipinski definition) is 0. The zero-order valence-corrected chi connectivity index (χ0v) is 24.6. The molecule has 3 atom stereocenters. The number of nitriles is 1. The van der Waals surface area contributed by atoms with E-state index in [4.69, 9.17) is 10.00 Å². The third-order valence-corrected chi connectivity index (χ3v) is 10.3. The molecule has 4 nitrogen and oxygen atoms in total. The number of ether oxygens (including phenoxy) is 1. The Morgan fingerprint density at radius 1 is 1.05 bits per heavy atom. The molecule has 2 fully saturated rings. The van der Waals surface area contributed by atoms with E-state index in [0.717, 1.165) is 50.0 Å². The maximum atomic E-state index is 13.8. The number of amides is 1. The second kappa shape index (κ2) is 13.0. The summed E-state index contributed by atoms with van der Waals surface area (Å²) in [5.41, 5.74) is 3.00. The molecule has 1 saturated heterocycles. The number of methoxy groups -OCH3 is 1. The average molecular weight is 529 g/mol. The van der Waals surface area contributed by atoms with Crippen LogP contribution in [0.4, 0.5) is 0 Å². The van der Waals surface area contributed by atoms with Gasteiger partial charge in [0.05, 0.1) is 13.2 Å². The third-order valence-electron chi connectivity index (χ3n) is 10.3. The average Bonchev–Trinajstić information content (AvgIpc) is 2.97. The van der Waals surface area contributed by atoms with Crippen LogP contribution in [-0.2, 0) is 16.8 Å². The summed E-state index contributed by atoms with van der Waals surface area (Å²) in [6, 6.07) is 21.7. The maximum absolute atomic E-state index is 13.8. The lowest BCUT2D eigenvalue weighted by Gasteiger charge is -2.57. The number of carbonyl (C=O) groups excluding carboxylic acids is 1. The van der Waals surface area contributed by atoms with Crippen LogP contribution in [-0.4, -0.2) is 24.5 Å². The molecule has 1 aliphatic heterocycles. The van der Waals surface area contributed by atoms with E-state index in [9.17, 15) is 4.79 Å². The molecule has 4 heteroatoms. The fourth-order valence-electron chi connectivity index (χ4n) is 8.04. The molecule has 2 aromatic carbocycles. The highest BCUT2D eigenvalue weighted by atomic mass is 16.5. The Bertz CT molecular complexity index is 1100. The summed E-state index contributed by atoms with van der Waals surface area (Å²) in [5.74, 6) is 2.16. The highest BCUT2D eigenvalue weighted by Gasteiger charge is 2.54. The molecular formula is C35H48N2O2. The minimum atomic E-state index is 0.0105. The van der Waals surface area contributed by atoms with Gasteiger partial charge in [-0.05, 0) is 84.5 Å². The van der Waals surface area contributed by atoms with Crippen molar-refractivity contribution in [3.8, 4) is 11.8 Å². The van der Waals surface area contributed by atoms with E-state index in [0.29, 0.717) is 30.7 Å². The lowest BCUT2D eigenvalue weighted by molar-refractivity contribution is -0.154. The maximum Gasteiger partial charge on any atom is 0.226 e. The van der Waals surface area contributed by atoms with Gasteiger partial charge in [0.2, 0.25) is 5.91 Å². The van der Waals surface area contributed by atoms with Crippen molar-refractivity contribution in [1.29, 1.82) is 5.26 Å². The van der Waals surface area contributed by atoms with Crippen LogP contribution in [0.3, 0.4) is 0 Å². The van der Waals surface area contributed by atoms with E-state index in [1.54, 1.807) is 7.11 Å². The highest BCUT2D eigenvalue weighted by molar-refractivity contribution is 5.80. The lowest BCUT2D eigenvalue weighted by atomic mass is 9.51. The number of hydrogen-bond acceptors (Lipinski definition) is 3. The number of benzene rings is 2. The molecule has 2 aliphatic rings. The first kappa shape index (κ1) is 29.2. The molecule has 1 amide bonds. The van der Waals surface area contributed by atoms with E-state index in [-0.39, 0.29) is 16.7 Å². The molecule has 1 spiro atoms. The summed E-state index contributed by atoms with van der Waals surface area (Å²) in [7, 11) is 1.69. The first-order valence-corrected chi connectivity index (χ1v) is 15.2. The second-order valence-electron chi connectivity index (χ2n) is 12.4. The smallest absolute Gasteiger partial charge is 0.226 e. The Kier molecular flexibility index (Phi) is 9.76. The van der Waals surface area contributed by atoms with Gasteiger partial charge >= 0.3 is 0 Å². The van der Waals surface area contributed by atoms with Gasteiger partial charge in [0.25, 0.3) is 0 Å². The fourth-order valence-corrected chi connectivity index (χ4v) is 8.04. The summed E-state index contributed by atoms with van der Waals surface area (Å²) in [6.45, 7) is 8.46. The topological polar surface area (TPSA) is 53.3 Å². The van der Waals surface area contributed by atoms with Crippen molar-refractivity contribution >= 4 is 5.91 Å². The van der Waals surface area contributed by atoms with Crippen LogP contribution in [0.25, 0.3) is 0 Å². The number of nitrogens with zero attached hydrogens (tertiary/aromatic N) is 2. The Labute approximate surface area is 236 Å². The van der Waals surface area contributed by atoms with E-state index in [2.05, 4.69) is 74.2 Å². The van der Waals surface area contributed by atoms with Crippen molar-refractivity contribution in [3.05, 3.63) is 65.7 Å². The summed E-state index contributed by atoms with van der Waals surface area (Å²) < 4.78 is 5.35. The largest absolute Gasteiger partial charge is 0.497 e. The minimum absolute atomic E-state index is 0.0105. The normalized spacial score (nSPS) is 27.8. The summed E-state index contributed by atoms with van der Waals surface area (Å²) in [4.78, 5) is 15.9. The molecule has 0 N–H and O–H groups in total. The zero-order chi connectivity index (χ0) is 27.9. The van der Waals surface area contributed by atoms with Crippen molar-refractivity contribution in [2.75, 3.05) is 13.7 Å². The van der Waals surface area contributed by atoms with Crippen molar-refractivity contribution in [1.82, 2.24) is 4.90 Å². The van der Waals surface area contributed by atoms with E-state index in [1.807, 2.05) is 12.1 Å². The first-order valence-electron chi connectivity index (χ1n) is 15.2. The van der Waals surface area contributed by atoms with Crippen LogP contribution >= 0.6 is 0 Å². The Balaban J connectivity index is 1.62.